The summed E-state index contributed by atoms with van der Waals surface area (Å²) in [5, 5.41) is 23.9. The molecule has 356 valence electrons. The van der Waals surface area contributed by atoms with Gasteiger partial charge in [0, 0.05) is 0 Å². The van der Waals surface area contributed by atoms with Crippen molar-refractivity contribution in [1.82, 2.24) is 0 Å². The maximum Gasteiger partial charge on any atom is 0.338 e. The number of esters is 4. The Kier molecular flexibility index (Phi) is 16.7. The van der Waals surface area contributed by atoms with Crippen molar-refractivity contribution in [1.29, 1.82) is 0 Å². The summed E-state index contributed by atoms with van der Waals surface area (Å²) in [6.07, 6.45) is -16.5. The molecule has 8 rings (SSSR count). The molecule has 0 saturated carbocycles. The second kappa shape index (κ2) is 23.8. The minimum Gasteiger partial charge on any atom is -0.452 e. The van der Waals surface area contributed by atoms with Crippen LogP contribution in [0.1, 0.15) is 52.6 Å². The average Bonchev–Trinajstić information content (AvgIpc) is 3.39. The van der Waals surface area contributed by atoms with Gasteiger partial charge >= 0.3 is 23.9 Å². The number of carbonyl (C=O) groups is 4. The van der Waals surface area contributed by atoms with Crippen LogP contribution in [0.25, 0.3) is 0 Å². The number of aliphatic hydroxyl groups excluding tert-OH is 2. The first-order valence-corrected chi connectivity index (χ1v) is 22.3. The molecule has 2 N–H and O–H groups in total. The third-order valence-electron chi connectivity index (χ3n) is 11.3. The van der Waals surface area contributed by atoms with Crippen molar-refractivity contribution in [2.45, 2.75) is 74.6 Å². The largest absolute Gasteiger partial charge is 0.452 e. The summed E-state index contributed by atoms with van der Waals surface area (Å²) in [5.74, 6) is -3.55. The molecule has 0 unspecified atom stereocenters. The first kappa shape index (κ1) is 48.4. The number of ether oxygens (including phenoxy) is 9. The van der Waals surface area contributed by atoms with Gasteiger partial charge in [-0.3, -0.25) is 0 Å². The number of benzene rings is 6. The summed E-state index contributed by atoms with van der Waals surface area (Å²) < 4.78 is 56.0. The zero-order chi connectivity index (χ0) is 48.0. The molecule has 0 spiro atoms. The zero-order valence-electron chi connectivity index (χ0n) is 37.1. The van der Waals surface area contributed by atoms with Crippen molar-refractivity contribution in [3.05, 3.63) is 215 Å². The maximum atomic E-state index is 14.1. The second-order valence-electron chi connectivity index (χ2n) is 16.1. The molecule has 6 aromatic rings. The SMILES string of the molecule is O=C(O[C@@H]1[C@@H](OC(=O)c2ccccc2)[C@@H](O)O[C@H](COCc2ccccc2)[C@H]1O[C@@H]1O[C@H](COCc2ccccc2)[C@@H](O)[C@H](OC(=O)c2ccccc2)[C@H]1OC(=O)c1ccccc1)c1ccccc1. The van der Waals surface area contributed by atoms with Crippen molar-refractivity contribution >= 4 is 23.9 Å². The Morgan fingerprint density at radius 1 is 0.391 bits per heavy atom. The Bertz CT molecular complexity index is 2550. The van der Waals surface area contributed by atoms with Gasteiger partial charge < -0.3 is 52.8 Å². The van der Waals surface area contributed by atoms with Crippen molar-refractivity contribution in [2.24, 2.45) is 0 Å². The topological polar surface area (TPSA) is 192 Å². The molecule has 0 aliphatic carbocycles. The highest BCUT2D eigenvalue weighted by molar-refractivity contribution is 5.91. The Hall–Kier alpha value is -7.08. The first-order valence-electron chi connectivity index (χ1n) is 22.3. The van der Waals surface area contributed by atoms with Crippen molar-refractivity contribution in [3.8, 4) is 0 Å². The molecule has 2 fully saturated rings. The zero-order valence-corrected chi connectivity index (χ0v) is 37.1. The summed E-state index contributed by atoms with van der Waals surface area (Å²) >= 11 is 0. The molecule has 0 amide bonds. The van der Waals surface area contributed by atoms with Crippen molar-refractivity contribution in [2.75, 3.05) is 13.2 Å². The van der Waals surface area contributed by atoms with Crippen LogP contribution in [-0.4, -0.2) is 109 Å². The standard InChI is InChI=1S/C54H50O15/c55-43-41(33-61-31-35-19-7-1-8-20-35)64-54(48(68-52(59)40-29-17-6-18-30-40)45(43)65-49(56)37-23-11-3-12-24-37)69-44-42(34-62-32-36-21-9-2-10-22-36)63-53(60)47(67-51(58)39-27-15-5-16-28-39)46(44)66-50(57)38-25-13-4-14-26-38/h1-30,41-48,53-55,60H,31-34H2/t41-,42-,43-,44-,45+,46+,47-,48-,53+,54+/m1/s1. The van der Waals surface area contributed by atoms with E-state index in [0.29, 0.717) is 0 Å². The van der Waals surface area contributed by atoms with Gasteiger partial charge in [-0.1, -0.05) is 133 Å². The van der Waals surface area contributed by atoms with Gasteiger partial charge in [-0.25, -0.2) is 19.2 Å². The second-order valence-corrected chi connectivity index (χ2v) is 16.1. The van der Waals surface area contributed by atoms with Gasteiger partial charge in [-0.2, -0.15) is 0 Å². The maximum absolute atomic E-state index is 14.1. The summed E-state index contributed by atoms with van der Waals surface area (Å²) in [7, 11) is 0. The van der Waals surface area contributed by atoms with Crippen LogP contribution in [0.2, 0.25) is 0 Å². The van der Waals surface area contributed by atoms with E-state index in [1.165, 1.54) is 48.5 Å². The van der Waals surface area contributed by atoms with Crippen LogP contribution in [0, 0.1) is 0 Å². The Morgan fingerprint density at radius 3 is 1.16 bits per heavy atom. The fraction of sp³-hybridized carbons (Fsp3) is 0.259. The Labute approximate surface area is 398 Å². The normalized spacial score (nSPS) is 24.3. The molecule has 15 heteroatoms. The van der Waals surface area contributed by atoms with Crippen molar-refractivity contribution in [3.63, 3.8) is 0 Å². The molecule has 0 bridgehead atoms. The smallest absolute Gasteiger partial charge is 0.338 e. The van der Waals surface area contributed by atoms with Gasteiger partial charge in [0.1, 0.15) is 24.4 Å². The van der Waals surface area contributed by atoms with Crippen LogP contribution in [0.5, 0.6) is 0 Å². The molecule has 0 radical (unpaired) electrons. The third-order valence-corrected chi connectivity index (χ3v) is 11.3. The van der Waals surface area contributed by atoms with Gasteiger partial charge in [0.25, 0.3) is 0 Å². The monoisotopic (exact) mass is 938 g/mol. The summed E-state index contributed by atoms with van der Waals surface area (Å²) in [5.41, 5.74) is 2.06. The van der Waals surface area contributed by atoms with Crippen LogP contribution < -0.4 is 0 Å². The lowest BCUT2D eigenvalue weighted by Crippen LogP contribution is -2.66. The van der Waals surface area contributed by atoms with E-state index in [9.17, 15) is 29.4 Å². The lowest BCUT2D eigenvalue weighted by molar-refractivity contribution is -0.354. The van der Waals surface area contributed by atoms with E-state index < -0.39 is 85.3 Å². The molecule has 10 atom stereocenters. The lowest BCUT2D eigenvalue weighted by atomic mass is 9.96. The Morgan fingerprint density at radius 2 is 0.739 bits per heavy atom. The van der Waals surface area contributed by atoms with E-state index in [2.05, 4.69) is 0 Å². The Balaban J connectivity index is 1.20. The molecule has 0 aromatic heterocycles. The van der Waals surface area contributed by atoms with Gasteiger partial charge in [0.2, 0.25) is 0 Å². The van der Waals surface area contributed by atoms with E-state index in [1.54, 1.807) is 72.8 Å². The average molecular weight is 939 g/mol. The molecule has 2 saturated heterocycles. The van der Waals surface area contributed by atoms with E-state index in [4.69, 9.17) is 42.6 Å². The minimum atomic E-state index is -1.92. The molecule has 2 aliphatic heterocycles. The van der Waals surface area contributed by atoms with Gasteiger partial charge in [0.05, 0.1) is 48.7 Å². The quantitative estimate of drug-likeness (QED) is 0.0700. The van der Waals surface area contributed by atoms with Gasteiger partial charge in [-0.15, -0.1) is 0 Å². The number of aliphatic hydroxyl groups is 2. The highest BCUT2D eigenvalue weighted by atomic mass is 16.8. The lowest BCUT2D eigenvalue weighted by Gasteiger charge is -2.48. The van der Waals surface area contributed by atoms with E-state index >= 15 is 0 Å². The molecule has 2 heterocycles. The molecular weight excluding hydrogens is 889 g/mol. The summed E-state index contributed by atoms with van der Waals surface area (Å²) in [4.78, 5) is 55.8. The number of hydrogen-bond donors (Lipinski definition) is 2. The third kappa shape index (κ3) is 12.7. The van der Waals surface area contributed by atoms with Gasteiger partial charge in [-0.05, 0) is 59.7 Å². The predicted molar refractivity (Wildman–Crippen MR) is 245 cm³/mol. The number of rotatable bonds is 18. The summed E-state index contributed by atoms with van der Waals surface area (Å²) in [6.45, 7) is -0.426. The fourth-order valence-electron chi connectivity index (χ4n) is 7.80. The molecule has 2 aliphatic rings. The minimum absolute atomic E-state index is 0.0756. The molecule has 6 aromatic carbocycles. The highest BCUT2D eigenvalue weighted by Gasteiger charge is 2.56. The van der Waals surface area contributed by atoms with Crippen LogP contribution in [0.4, 0.5) is 0 Å². The molecular formula is C54H50O15. The fourth-order valence-corrected chi connectivity index (χ4v) is 7.80. The van der Waals surface area contributed by atoms with E-state index in [1.807, 2.05) is 60.7 Å². The van der Waals surface area contributed by atoms with Gasteiger partial charge in [0.15, 0.2) is 37.0 Å². The van der Waals surface area contributed by atoms with Crippen LogP contribution in [-0.2, 0) is 55.8 Å². The van der Waals surface area contributed by atoms with E-state index in [0.717, 1.165) is 11.1 Å². The summed E-state index contributed by atoms with van der Waals surface area (Å²) in [6, 6.07) is 50.3. The predicted octanol–water partition coefficient (Wildman–Crippen LogP) is 6.51. The first-order chi connectivity index (χ1) is 33.7. The molecule has 15 nitrogen and oxygen atoms in total. The molecule has 69 heavy (non-hydrogen) atoms. The highest BCUT2D eigenvalue weighted by Crippen LogP contribution is 2.35. The van der Waals surface area contributed by atoms with Crippen LogP contribution >= 0.6 is 0 Å². The van der Waals surface area contributed by atoms with E-state index in [-0.39, 0.29) is 48.7 Å². The van der Waals surface area contributed by atoms with Crippen LogP contribution in [0.15, 0.2) is 182 Å². The number of carbonyl (C=O) groups excluding carboxylic acids is 4. The van der Waals surface area contributed by atoms with Crippen LogP contribution in [0.3, 0.4) is 0 Å². The number of hydrogen-bond acceptors (Lipinski definition) is 15. The van der Waals surface area contributed by atoms with Crippen molar-refractivity contribution < 1.29 is 72.0 Å².